The van der Waals surface area contributed by atoms with E-state index in [1.165, 1.54) is 49.5 Å². The smallest absolute Gasteiger partial charge is 0.320 e. The summed E-state index contributed by atoms with van der Waals surface area (Å²) < 4.78 is 37.1. The van der Waals surface area contributed by atoms with Crippen LogP contribution in [0.4, 0.5) is 0 Å². The fourth-order valence-corrected chi connectivity index (χ4v) is 17.9. The molecule has 2 fully saturated rings. The van der Waals surface area contributed by atoms with E-state index in [1.54, 1.807) is 18.2 Å². The molecule has 2 aliphatic rings. The van der Waals surface area contributed by atoms with Crippen LogP contribution in [0.15, 0.2) is 218 Å². The van der Waals surface area contributed by atoms with Crippen LogP contribution in [0.2, 0.25) is 0 Å². The van der Waals surface area contributed by atoms with Crippen LogP contribution in [-0.4, -0.2) is 97.3 Å². The van der Waals surface area contributed by atoms with E-state index in [0.29, 0.717) is 90.1 Å². The Balaban J connectivity index is 0.000000142. The Labute approximate surface area is 757 Å². The van der Waals surface area contributed by atoms with Crippen molar-refractivity contribution in [3.05, 3.63) is 235 Å². The number of rotatable bonds is 37. The molecule has 3 unspecified atom stereocenters. The lowest BCUT2D eigenvalue weighted by Crippen LogP contribution is -2.14. The zero-order valence-electron chi connectivity index (χ0n) is 75.8. The van der Waals surface area contributed by atoms with Gasteiger partial charge in [0.2, 0.25) is 0 Å². The monoisotopic (exact) mass is 1720 g/mol. The Hall–Kier alpha value is -12.4. The van der Waals surface area contributed by atoms with E-state index in [9.17, 15) is 15.3 Å². The maximum absolute atomic E-state index is 11.2. The van der Waals surface area contributed by atoms with Crippen LogP contribution in [-0.2, 0) is 34.0 Å². The van der Waals surface area contributed by atoms with E-state index >= 15 is 0 Å². The molecule has 18 rings (SSSR count). The van der Waals surface area contributed by atoms with Gasteiger partial charge in [-0.05, 0) is 255 Å². The van der Waals surface area contributed by atoms with Crippen molar-refractivity contribution in [1.82, 2.24) is 44.9 Å². The van der Waals surface area contributed by atoms with Crippen molar-refractivity contribution in [1.29, 1.82) is 0 Å². The quantitative estimate of drug-likeness (QED) is 0.0187. The molecule has 18 nitrogen and oxygen atoms in total. The first-order chi connectivity index (χ1) is 63.3. The molecule has 2 aliphatic carbocycles. The van der Waals surface area contributed by atoms with Crippen LogP contribution in [0.5, 0.6) is 35.3 Å². The van der Waals surface area contributed by atoms with Gasteiger partial charge in [0.15, 0.2) is 34.9 Å². The highest BCUT2D eigenvalue weighted by atomic mass is 16.5. The van der Waals surface area contributed by atoms with E-state index in [1.807, 2.05) is 54.6 Å². The third-order valence-corrected chi connectivity index (χ3v) is 25.3. The normalized spacial score (nSPS) is 13.8. The number of nitrogens with zero attached hydrogens (tertiary/aromatic N) is 9. The first kappa shape index (κ1) is 90.0. The maximum atomic E-state index is 11.2. The lowest BCUT2D eigenvalue weighted by atomic mass is 9.92. The fraction of sp³-hybridized carbons (Fsp3) is 0.360. The van der Waals surface area contributed by atoms with Crippen LogP contribution < -0.4 is 14.2 Å². The van der Waals surface area contributed by atoms with E-state index < -0.39 is 0 Å². The molecule has 0 bridgehead atoms. The Kier molecular flexibility index (Phi) is 30.4. The Morgan fingerprint density at radius 1 is 0.295 bits per heavy atom. The summed E-state index contributed by atoms with van der Waals surface area (Å²) in [5.74, 6) is 3.09. The number of hydrogen-bond donors (Lipinski definition) is 3. The summed E-state index contributed by atoms with van der Waals surface area (Å²) in [5.41, 5.74) is 7.07. The fourth-order valence-electron chi connectivity index (χ4n) is 17.9. The molecule has 3 heterocycles. The van der Waals surface area contributed by atoms with Crippen LogP contribution in [0.1, 0.15) is 219 Å². The second-order valence-corrected chi connectivity index (χ2v) is 34.7. The minimum atomic E-state index is 0.0896. The van der Waals surface area contributed by atoms with Gasteiger partial charge >= 0.3 is 18.0 Å². The molecular weight excluding hydrogens is 1600 g/mol. The third kappa shape index (κ3) is 22.2. The van der Waals surface area contributed by atoms with Crippen molar-refractivity contribution in [2.24, 2.45) is 0 Å². The topological polar surface area (TPSA) is 232 Å². The van der Waals surface area contributed by atoms with Crippen molar-refractivity contribution in [3.8, 4) is 104 Å². The molecule has 18 heteroatoms. The molecule has 0 amide bonds. The molecule has 3 aromatic heterocycles. The summed E-state index contributed by atoms with van der Waals surface area (Å²) >= 11 is 0. The molecule has 3 N–H and O–H groups in total. The predicted octanol–water partition coefficient (Wildman–Crippen LogP) is 28.3. The van der Waals surface area contributed by atoms with Gasteiger partial charge in [0.05, 0.1) is 61.4 Å². The van der Waals surface area contributed by atoms with Gasteiger partial charge in [0.25, 0.3) is 0 Å². The number of fused-ring (bicyclic) bond motifs is 5. The zero-order valence-corrected chi connectivity index (χ0v) is 75.8. The molecule has 0 radical (unpaired) electrons. The number of phenolic OH excluding ortho intramolecular Hbond substituents is 3. The van der Waals surface area contributed by atoms with Crippen molar-refractivity contribution >= 4 is 75.4 Å². The van der Waals surface area contributed by atoms with Gasteiger partial charge < -0.3 is 43.7 Å². The van der Waals surface area contributed by atoms with Crippen LogP contribution in [0.25, 0.3) is 144 Å². The molecule has 2 saturated carbocycles. The SMILES string of the molecule is CCCCC(CC)OCc1ccc(-c2nc(OC3CCCC3)nc(-c3cc4ccccc4c4ccccc34)n2)c(O)c1.CCCCC(CC)OCc1ccc(-c2nc(OC3CCCC3)nc(-c3ccc4ccc5cccc6ccc3c4c56)n2)c(O)c1.CCCCCCOc1nc(-c2ccc3cc4ccccc4cc3c2)nc(-c2ccc(COC(CC)CCCC)cc2O)n1. The number of ether oxygens (including phenoxy) is 6. The van der Waals surface area contributed by atoms with Crippen LogP contribution in [0.3, 0.4) is 0 Å². The van der Waals surface area contributed by atoms with E-state index in [4.69, 9.17) is 68.3 Å². The zero-order chi connectivity index (χ0) is 89.0. The molecule has 13 aromatic carbocycles. The molecule has 0 spiro atoms. The van der Waals surface area contributed by atoms with Gasteiger partial charge in [-0.3, -0.25) is 0 Å². The van der Waals surface area contributed by atoms with Crippen LogP contribution >= 0.6 is 0 Å². The average molecular weight is 1730 g/mol. The molecule has 3 atom stereocenters. The summed E-state index contributed by atoms with van der Waals surface area (Å²) in [6.07, 6.45) is 26.8. The summed E-state index contributed by atoms with van der Waals surface area (Å²) in [6, 6.07) is 74.9. The Morgan fingerprint density at radius 2 is 0.690 bits per heavy atom. The highest BCUT2D eigenvalue weighted by molar-refractivity contribution is 6.25. The number of benzene rings is 13. The van der Waals surface area contributed by atoms with E-state index in [2.05, 4.69) is 199 Å². The molecule has 0 saturated heterocycles. The summed E-state index contributed by atoms with van der Waals surface area (Å²) in [7, 11) is 0. The first-order valence-corrected chi connectivity index (χ1v) is 47.4. The van der Waals surface area contributed by atoms with Gasteiger partial charge in [0, 0.05) is 16.7 Å². The van der Waals surface area contributed by atoms with Crippen molar-refractivity contribution in [3.63, 3.8) is 0 Å². The number of unbranched alkanes of at least 4 members (excludes halogenated alkanes) is 6. The number of phenols is 3. The number of aromatic hydroxyl groups is 3. The van der Waals surface area contributed by atoms with Crippen molar-refractivity contribution < 1.29 is 43.7 Å². The highest BCUT2D eigenvalue weighted by Crippen LogP contribution is 2.43. The minimum Gasteiger partial charge on any atom is -0.507 e. The Morgan fingerprint density at radius 3 is 1.19 bits per heavy atom. The third-order valence-electron chi connectivity index (χ3n) is 25.3. The van der Waals surface area contributed by atoms with Crippen molar-refractivity contribution in [2.45, 2.75) is 253 Å². The molecule has 0 aliphatic heterocycles. The van der Waals surface area contributed by atoms with Gasteiger partial charge in [-0.2, -0.15) is 29.9 Å². The highest BCUT2D eigenvalue weighted by Gasteiger charge is 2.27. The lowest BCUT2D eigenvalue weighted by molar-refractivity contribution is 0.0311. The van der Waals surface area contributed by atoms with Gasteiger partial charge in [-0.15, -0.1) is 0 Å². The second kappa shape index (κ2) is 43.6. The summed E-state index contributed by atoms with van der Waals surface area (Å²) in [6.45, 7) is 17.1. The van der Waals surface area contributed by atoms with Crippen molar-refractivity contribution in [2.75, 3.05) is 6.61 Å². The molecule has 16 aromatic rings. The molecule has 664 valence electrons. The summed E-state index contributed by atoms with van der Waals surface area (Å²) in [4.78, 5) is 43.2. The summed E-state index contributed by atoms with van der Waals surface area (Å²) in [5, 5.41) is 49.7. The van der Waals surface area contributed by atoms with E-state index in [-0.39, 0.29) is 53.8 Å². The number of hydrogen-bond acceptors (Lipinski definition) is 18. The first-order valence-electron chi connectivity index (χ1n) is 47.4. The van der Waals surface area contributed by atoms with Gasteiger partial charge in [-0.25, -0.2) is 15.0 Å². The minimum absolute atomic E-state index is 0.0896. The lowest BCUT2D eigenvalue weighted by Gasteiger charge is -2.17. The Bertz CT molecular complexity index is 6460. The van der Waals surface area contributed by atoms with Crippen LogP contribution in [0, 0.1) is 0 Å². The molecular formula is C111H121N9O9. The average Bonchev–Trinajstić information content (AvgIpc) is 1.40. The second-order valence-electron chi connectivity index (χ2n) is 34.7. The van der Waals surface area contributed by atoms with E-state index in [0.717, 1.165) is 213 Å². The number of aromatic nitrogens is 9. The molecule has 129 heavy (non-hydrogen) atoms. The standard InChI is InChI=1S/C38H39N3O3.C37H43N3O3.C36H39N3O3/c1-3-5-11-28(4-2)43-23-24-14-19-32(33(42)22-24)37-39-36(40-38(41-37)44-29-12-6-7-13-29)31-21-18-27-16-15-25-9-8-10-26-17-20-30(31)35(27)34(25)26;1-4-7-9-12-20-42-37-39-35(30-18-17-29-22-27-13-10-11-14-28(27)23-31(29)24-30)38-36(40-37)33-19-16-26(21-34(33)41)25-43-32(6-3)15-8-5-2;1-3-5-13-26(4-2)41-23-24-19-20-31(33(40)21-24)34-37-35(39-36(38-34)42-27-14-7-8-15-27)32-22-25-12-6-9-16-28(25)29-17-10-11-18-30(29)32/h8-10,14-22,28-29,42H,3-7,11-13,23H2,1-2H3;10-11,13-14,16-19,21-24,32,41H,4-9,12,15,20,25H2,1-3H3;6,9-12,16-22,26-27,40H,3-5,7-8,13-15,23H2,1-2H3. The van der Waals surface area contributed by atoms with Gasteiger partial charge in [0.1, 0.15) is 29.5 Å². The largest absolute Gasteiger partial charge is 0.507 e. The van der Waals surface area contributed by atoms with Gasteiger partial charge in [-0.1, -0.05) is 258 Å². The predicted molar refractivity (Wildman–Crippen MR) is 521 cm³/mol. The maximum Gasteiger partial charge on any atom is 0.320 e.